The highest BCUT2D eigenvalue weighted by Crippen LogP contribution is 2.10. The average molecular weight is 355 g/mol. The summed E-state index contributed by atoms with van der Waals surface area (Å²) in [4.78, 5) is 35.4. The summed E-state index contributed by atoms with van der Waals surface area (Å²) in [6.45, 7) is 4.37. The third kappa shape index (κ3) is 7.33. The van der Waals surface area contributed by atoms with Crippen molar-refractivity contribution >= 4 is 42.0 Å². The maximum atomic E-state index is 12.0. The zero-order valence-corrected chi connectivity index (χ0v) is 14.4. The summed E-state index contributed by atoms with van der Waals surface area (Å²) in [5.41, 5.74) is 0. The second-order valence-electron chi connectivity index (χ2n) is 4.43. The lowest BCUT2D eigenvalue weighted by atomic mass is 10.2. The molecule has 22 heavy (non-hydrogen) atoms. The minimum absolute atomic E-state index is 0. The Morgan fingerprint density at radius 3 is 2.27 bits per heavy atom. The Kier molecular flexibility index (Phi) is 11.0. The predicted octanol–water partition coefficient (Wildman–Crippen LogP) is 0.114. The minimum Gasteiger partial charge on any atom is -0.464 e. The molecule has 1 unspecified atom stereocenters. The largest absolute Gasteiger partial charge is 0.464 e. The molecule has 1 heterocycles. The van der Waals surface area contributed by atoms with Gasteiger partial charge in [0.25, 0.3) is 0 Å². The van der Waals surface area contributed by atoms with Gasteiger partial charge < -0.3 is 20.1 Å². The van der Waals surface area contributed by atoms with E-state index < -0.39 is 18.0 Å². The van der Waals surface area contributed by atoms with Crippen LogP contribution in [0.4, 0.5) is 0 Å². The Hall–Kier alpha value is -0.990. The number of halogens is 1. The van der Waals surface area contributed by atoms with E-state index in [1.807, 2.05) is 0 Å². The number of hydrogen-bond donors (Lipinski definition) is 2. The molecular weight excluding hydrogens is 332 g/mol. The molecular formula is C13H23ClN2O5S. The van der Waals surface area contributed by atoms with E-state index in [0.29, 0.717) is 0 Å². The van der Waals surface area contributed by atoms with Crippen LogP contribution in [0.2, 0.25) is 0 Å². The zero-order valence-electron chi connectivity index (χ0n) is 12.8. The molecule has 1 saturated heterocycles. The lowest BCUT2D eigenvalue weighted by molar-refractivity contribution is -0.159. The first kappa shape index (κ1) is 21.0. The Balaban J connectivity index is 0.00000441. The molecule has 7 nitrogen and oxygen atoms in total. The fourth-order valence-electron chi connectivity index (χ4n) is 1.86. The first-order chi connectivity index (χ1) is 10.1. The van der Waals surface area contributed by atoms with Crippen molar-refractivity contribution in [1.29, 1.82) is 0 Å². The molecule has 128 valence electrons. The first-order valence-corrected chi connectivity index (χ1v) is 8.17. The van der Waals surface area contributed by atoms with Gasteiger partial charge >= 0.3 is 11.9 Å². The van der Waals surface area contributed by atoms with Gasteiger partial charge in [0.1, 0.15) is 0 Å². The monoisotopic (exact) mass is 354 g/mol. The first-order valence-electron chi connectivity index (χ1n) is 7.02. The van der Waals surface area contributed by atoms with Crippen molar-refractivity contribution in [3.05, 3.63) is 0 Å². The van der Waals surface area contributed by atoms with Crippen LogP contribution in [0.5, 0.6) is 0 Å². The summed E-state index contributed by atoms with van der Waals surface area (Å²) in [6.07, 6.45) is 0.211. The van der Waals surface area contributed by atoms with Gasteiger partial charge in [0, 0.05) is 30.5 Å². The molecule has 0 aromatic carbocycles. The van der Waals surface area contributed by atoms with Crippen LogP contribution in [0.3, 0.4) is 0 Å². The Morgan fingerprint density at radius 2 is 1.82 bits per heavy atom. The summed E-state index contributed by atoms with van der Waals surface area (Å²) in [5, 5.41) is 5.61. The van der Waals surface area contributed by atoms with Crippen molar-refractivity contribution in [3.63, 3.8) is 0 Å². The lowest BCUT2D eigenvalue weighted by Crippen LogP contribution is -2.50. The van der Waals surface area contributed by atoms with Gasteiger partial charge in [0.15, 0.2) is 0 Å². The van der Waals surface area contributed by atoms with E-state index in [9.17, 15) is 14.4 Å². The van der Waals surface area contributed by atoms with Crippen LogP contribution in [0, 0.1) is 0 Å². The zero-order chi connectivity index (χ0) is 15.7. The minimum atomic E-state index is -1.39. The summed E-state index contributed by atoms with van der Waals surface area (Å²) in [6, 6.07) is -1.34. The summed E-state index contributed by atoms with van der Waals surface area (Å²) in [5.74, 6) is -0.116. The molecule has 0 radical (unpaired) electrons. The third-order valence-corrected chi connectivity index (χ3v) is 3.91. The molecule has 1 fully saturated rings. The number of esters is 2. The third-order valence-electron chi connectivity index (χ3n) is 2.78. The lowest BCUT2D eigenvalue weighted by Gasteiger charge is -2.23. The van der Waals surface area contributed by atoms with Gasteiger partial charge in [-0.15, -0.1) is 12.4 Å². The van der Waals surface area contributed by atoms with E-state index >= 15 is 0 Å². The highest BCUT2D eigenvalue weighted by Gasteiger charge is 2.31. The molecule has 9 heteroatoms. The summed E-state index contributed by atoms with van der Waals surface area (Å²) >= 11 is 1.77. The molecule has 1 atom stereocenters. The number of ether oxygens (including phenoxy) is 2. The highest BCUT2D eigenvalue weighted by atomic mass is 35.5. The van der Waals surface area contributed by atoms with E-state index in [2.05, 4.69) is 10.6 Å². The number of thioether (sulfide) groups is 1. The predicted molar refractivity (Wildman–Crippen MR) is 86.2 cm³/mol. The molecule has 0 spiro atoms. The van der Waals surface area contributed by atoms with Crippen molar-refractivity contribution in [1.82, 2.24) is 10.6 Å². The van der Waals surface area contributed by atoms with Crippen LogP contribution in [-0.2, 0) is 23.9 Å². The van der Waals surface area contributed by atoms with Gasteiger partial charge in [-0.05, 0) is 13.8 Å². The maximum absolute atomic E-state index is 12.0. The Bertz CT molecular complexity index is 359. The molecule has 2 N–H and O–H groups in total. The number of carbonyl (C=O) groups is 3. The van der Waals surface area contributed by atoms with Gasteiger partial charge in [-0.3, -0.25) is 4.79 Å². The molecule has 0 aromatic rings. The molecule has 0 aromatic heterocycles. The van der Waals surface area contributed by atoms with Gasteiger partial charge in [0.2, 0.25) is 11.9 Å². The molecule has 1 rings (SSSR count). The molecule has 1 aliphatic rings. The smallest absolute Gasteiger partial charge is 0.340 e. The second-order valence-corrected chi connectivity index (χ2v) is 5.58. The maximum Gasteiger partial charge on any atom is 0.340 e. The number of amides is 1. The quantitative estimate of drug-likeness (QED) is 0.495. The van der Waals surface area contributed by atoms with Crippen molar-refractivity contribution in [2.45, 2.75) is 32.4 Å². The molecule has 0 aliphatic carbocycles. The van der Waals surface area contributed by atoms with Crippen molar-refractivity contribution in [2.24, 2.45) is 0 Å². The van der Waals surface area contributed by atoms with Crippen LogP contribution in [0.1, 0.15) is 20.3 Å². The van der Waals surface area contributed by atoms with Crippen molar-refractivity contribution in [2.75, 3.05) is 31.3 Å². The van der Waals surface area contributed by atoms with E-state index in [0.717, 1.165) is 18.1 Å². The topological polar surface area (TPSA) is 93.7 Å². The van der Waals surface area contributed by atoms with Gasteiger partial charge in [-0.1, -0.05) is 0 Å². The summed E-state index contributed by atoms with van der Waals surface area (Å²) in [7, 11) is 0. The molecule has 0 saturated carbocycles. The van der Waals surface area contributed by atoms with E-state index in [-0.39, 0.29) is 44.0 Å². The van der Waals surface area contributed by atoms with Crippen LogP contribution < -0.4 is 10.6 Å². The van der Waals surface area contributed by atoms with Crippen LogP contribution in [-0.4, -0.2) is 61.2 Å². The van der Waals surface area contributed by atoms with E-state index in [1.165, 1.54) is 0 Å². The Labute approximate surface area is 140 Å². The fourth-order valence-corrected chi connectivity index (χ4v) is 2.81. The number of carbonyl (C=O) groups excluding carboxylic acids is 3. The van der Waals surface area contributed by atoms with Crippen molar-refractivity contribution < 1.29 is 23.9 Å². The van der Waals surface area contributed by atoms with Crippen molar-refractivity contribution in [3.8, 4) is 0 Å². The molecule has 1 aliphatic heterocycles. The summed E-state index contributed by atoms with van der Waals surface area (Å²) < 4.78 is 9.58. The SMILES string of the molecule is CCOC(=O)C(NC(=O)CC1CSCCN1)C(=O)OCC.Cl. The normalized spacial score (nSPS) is 17.3. The van der Waals surface area contributed by atoms with Crippen LogP contribution in [0.15, 0.2) is 0 Å². The van der Waals surface area contributed by atoms with Crippen LogP contribution in [0.25, 0.3) is 0 Å². The Morgan fingerprint density at radius 1 is 1.23 bits per heavy atom. The van der Waals surface area contributed by atoms with E-state index in [1.54, 1.807) is 25.6 Å². The van der Waals surface area contributed by atoms with Gasteiger partial charge in [0.05, 0.1) is 13.2 Å². The van der Waals surface area contributed by atoms with Gasteiger partial charge in [-0.25, -0.2) is 9.59 Å². The molecule has 1 amide bonds. The standard InChI is InChI=1S/C13H22N2O5S.ClH/c1-3-19-12(17)11(13(18)20-4-2)15-10(16)7-9-8-21-6-5-14-9;/h9,11,14H,3-8H2,1-2H3,(H,15,16);1H. The van der Waals surface area contributed by atoms with Gasteiger partial charge in [-0.2, -0.15) is 11.8 Å². The number of nitrogens with one attached hydrogen (secondary N) is 2. The average Bonchev–Trinajstić information content (AvgIpc) is 2.46. The fraction of sp³-hybridized carbons (Fsp3) is 0.769. The number of rotatable bonds is 7. The second kappa shape index (κ2) is 11.6. The van der Waals surface area contributed by atoms with Crippen LogP contribution >= 0.6 is 24.2 Å². The highest BCUT2D eigenvalue weighted by molar-refractivity contribution is 7.99. The number of hydrogen-bond acceptors (Lipinski definition) is 7. The molecule has 0 bridgehead atoms. The van der Waals surface area contributed by atoms with E-state index in [4.69, 9.17) is 9.47 Å².